The minimum atomic E-state index is -0.907. The van der Waals surface area contributed by atoms with Crippen molar-refractivity contribution in [2.45, 2.75) is 6.92 Å². The molecule has 0 aliphatic carbocycles. The maximum Gasteiger partial charge on any atom is 0.160 e. The van der Waals surface area contributed by atoms with Crippen molar-refractivity contribution in [3.05, 3.63) is 42.2 Å². The van der Waals surface area contributed by atoms with Crippen LogP contribution in [0.4, 0.5) is 26.1 Å². The summed E-state index contributed by atoms with van der Waals surface area (Å²) in [6.45, 7) is 2.67. The van der Waals surface area contributed by atoms with Crippen molar-refractivity contribution in [3.8, 4) is 0 Å². The summed E-state index contributed by atoms with van der Waals surface area (Å²) in [7, 11) is 0. The molecule has 1 aromatic carbocycles. The zero-order valence-electron chi connectivity index (χ0n) is 9.74. The van der Waals surface area contributed by atoms with Crippen molar-refractivity contribution >= 4 is 17.3 Å². The Hall–Kier alpha value is -2.24. The van der Waals surface area contributed by atoms with Gasteiger partial charge in [-0.1, -0.05) is 0 Å². The molecule has 0 aliphatic rings. The number of anilines is 3. The highest BCUT2D eigenvalue weighted by molar-refractivity contribution is 5.56. The Morgan fingerprint density at radius 2 is 1.89 bits per heavy atom. The molecule has 1 heterocycles. The summed E-state index contributed by atoms with van der Waals surface area (Å²) in [5.74, 6) is -0.714. The van der Waals surface area contributed by atoms with Gasteiger partial charge in [-0.3, -0.25) is 4.98 Å². The molecule has 0 fully saturated rings. The first-order chi connectivity index (χ1) is 8.69. The number of halogens is 2. The van der Waals surface area contributed by atoms with Gasteiger partial charge in [0.05, 0.1) is 12.4 Å². The molecule has 0 spiro atoms. The fraction of sp³-hybridized carbons (Fsp3) is 0.167. The smallest absolute Gasteiger partial charge is 0.160 e. The molecule has 0 radical (unpaired) electrons. The van der Waals surface area contributed by atoms with E-state index >= 15 is 0 Å². The summed E-state index contributed by atoms with van der Waals surface area (Å²) in [5, 5.41) is 5.86. The van der Waals surface area contributed by atoms with E-state index in [1.807, 2.05) is 6.92 Å². The zero-order valence-corrected chi connectivity index (χ0v) is 9.74. The van der Waals surface area contributed by atoms with Crippen LogP contribution in [-0.2, 0) is 0 Å². The van der Waals surface area contributed by atoms with Crippen LogP contribution in [0.1, 0.15) is 6.92 Å². The monoisotopic (exact) mass is 250 g/mol. The van der Waals surface area contributed by atoms with Gasteiger partial charge in [-0.25, -0.2) is 13.8 Å². The second-order valence-electron chi connectivity index (χ2n) is 3.57. The lowest BCUT2D eigenvalue weighted by Gasteiger charge is -2.07. The van der Waals surface area contributed by atoms with Gasteiger partial charge in [0.1, 0.15) is 5.82 Å². The third kappa shape index (κ3) is 2.91. The van der Waals surface area contributed by atoms with Gasteiger partial charge in [0, 0.05) is 18.3 Å². The molecule has 1 aromatic heterocycles. The molecule has 0 amide bonds. The topological polar surface area (TPSA) is 49.8 Å². The Kier molecular flexibility index (Phi) is 3.66. The summed E-state index contributed by atoms with van der Waals surface area (Å²) >= 11 is 0. The van der Waals surface area contributed by atoms with E-state index in [2.05, 4.69) is 20.6 Å². The molecule has 0 saturated heterocycles. The molecule has 4 nitrogen and oxygen atoms in total. The summed E-state index contributed by atoms with van der Waals surface area (Å²) in [6, 6.07) is 3.55. The van der Waals surface area contributed by atoms with E-state index in [9.17, 15) is 8.78 Å². The predicted molar refractivity (Wildman–Crippen MR) is 65.8 cm³/mol. The van der Waals surface area contributed by atoms with Gasteiger partial charge >= 0.3 is 0 Å². The van der Waals surface area contributed by atoms with Gasteiger partial charge in [-0.2, -0.15) is 0 Å². The van der Waals surface area contributed by atoms with E-state index in [1.165, 1.54) is 12.3 Å². The number of hydrogen-bond acceptors (Lipinski definition) is 4. The molecule has 0 bridgehead atoms. The summed E-state index contributed by atoms with van der Waals surface area (Å²) in [5.41, 5.74) is 0.414. The normalized spacial score (nSPS) is 10.2. The first kappa shape index (κ1) is 12.2. The van der Waals surface area contributed by atoms with Crippen LogP contribution in [0.25, 0.3) is 0 Å². The van der Waals surface area contributed by atoms with Gasteiger partial charge in [-0.15, -0.1) is 0 Å². The quantitative estimate of drug-likeness (QED) is 0.876. The number of rotatable bonds is 4. The van der Waals surface area contributed by atoms with Crippen LogP contribution in [0.2, 0.25) is 0 Å². The largest absolute Gasteiger partial charge is 0.369 e. The van der Waals surface area contributed by atoms with Crippen LogP contribution < -0.4 is 10.6 Å². The van der Waals surface area contributed by atoms with E-state index in [0.29, 0.717) is 17.3 Å². The van der Waals surface area contributed by atoms with E-state index < -0.39 is 11.6 Å². The standard InChI is InChI=1S/C12H12F2N4/c1-2-16-11-6-15-7-12(18-11)17-8-3-4-9(13)10(14)5-8/h3-7H,2H2,1H3,(H2,16,17,18). The Morgan fingerprint density at radius 1 is 1.11 bits per heavy atom. The lowest BCUT2D eigenvalue weighted by molar-refractivity contribution is 0.509. The van der Waals surface area contributed by atoms with Crippen LogP contribution in [0.15, 0.2) is 30.6 Å². The van der Waals surface area contributed by atoms with E-state index in [4.69, 9.17) is 0 Å². The number of nitrogens with zero attached hydrogens (tertiary/aromatic N) is 2. The van der Waals surface area contributed by atoms with Crippen molar-refractivity contribution in [2.24, 2.45) is 0 Å². The van der Waals surface area contributed by atoms with E-state index in [1.54, 1.807) is 6.20 Å². The van der Waals surface area contributed by atoms with Crippen molar-refractivity contribution in [2.75, 3.05) is 17.2 Å². The van der Waals surface area contributed by atoms with Crippen molar-refractivity contribution in [3.63, 3.8) is 0 Å². The van der Waals surface area contributed by atoms with Crippen molar-refractivity contribution in [1.29, 1.82) is 0 Å². The first-order valence-electron chi connectivity index (χ1n) is 5.47. The van der Waals surface area contributed by atoms with E-state index in [0.717, 1.165) is 18.7 Å². The second kappa shape index (κ2) is 5.39. The minimum absolute atomic E-state index is 0.414. The average molecular weight is 250 g/mol. The second-order valence-corrected chi connectivity index (χ2v) is 3.57. The Bertz CT molecular complexity index is 545. The van der Waals surface area contributed by atoms with E-state index in [-0.39, 0.29) is 0 Å². The molecule has 18 heavy (non-hydrogen) atoms. The van der Waals surface area contributed by atoms with Gasteiger partial charge < -0.3 is 10.6 Å². The lowest BCUT2D eigenvalue weighted by Crippen LogP contribution is -2.02. The molecule has 0 aliphatic heterocycles. The van der Waals surface area contributed by atoms with Gasteiger partial charge in [-0.05, 0) is 19.1 Å². The summed E-state index contributed by atoms with van der Waals surface area (Å²) in [4.78, 5) is 8.19. The summed E-state index contributed by atoms with van der Waals surface area (Å²) < 4.78 is 25.8. The minimum Gasteiger partial charge on any atom is -0.369 e. The highest BCUT2D eigenvalue weighted by Crippen LogP contribution is 2.17. The van der Waals surface area contributed by atoms with Crippen LogP contribution in [0.3, 0.4) is 0 Å². The number of nitrogens with one attached hydrogen (secondary N) is 2. The first-order valence-corrected chi connectivity index (χ1v) is 5.47. The van der Waals surface area contributed by atoms with Crippen molar-refractivity contribution < 1.29 is 8.78 Å². The lowest BCUT2D eigenvalue weighted by atomic mass is 10.3. The van der Waals surface area contributed by atoms with Gasteiger partial charge in [0.25, 0.3) is 0 Å². The molecule has 94 valence electrons. The Balaban J connectivity index is 2.17. The molecule has 2 aromatic rings. The van der Waals surface area contributed by atoms with Gasteiger partial charge in [0.2, 0.25) is 0 Å². The molecule has 0 atom stereocenters. The summed E-state index contributed by atoms with van der Waals surface area (Å²) in [6.07, 6.45) is 3.09. The average Bonchev–Trinajstić information content (AvgIpc) is 2.35. The van der Waals surface area contributed by atoms with Crippen molar-refractivity contribution in [1.82, 2.24) is 9.97 Å². The number of benzene rings is 1. The number of hydrogen-bond donors (Lipinski definition) is 2. The molecule has 0 unspecified atom stereocenters. The zero-order chi connectivity index (χ0) is 13.0. The highest BCUT2D eigenvalue weighted by atomic mass is 19.2. The maximum atomic E-state index is 13.0. The SMILES string of the molecule is CCNc1cncc(Nc2ccc(F)c(F)c2)n1. The third-order valence-corrected chi connectivity index (χ3v) is 2.18. The predicted octanol–water partition coefficient (Wildman–Crippen LogP) is 2.93. The van der Waals surface area contributed by atoms with Crippen LogP contribution >= 0.6 is 0 Å². The Labute approximate surface area is 103 Å². The maximum absolute atomic E-state index is 13.0. The number of aromatic nitrogens is 2. The van der Waals surface area contributed by atoms with Crippen LogP contribution in [0, 0.1) is 11.6 Å². The third-order valence-electron chi connectivity index (χ3n) is 2.18. The fourth-order valence-corrected chi connectivity index (χ4v) is 1.41. The molecular weight excluding hydrogens is 238 g/mol. The van der Waals surface area contributed by atoms with Crippen LogP contribution in [0.5, 0.6) is 0 Å². The Morgan fingerprint density at radius 3 is 2.61 bits per heavy atom. The molecular formula is C12H12F2N4. The molecule has 0 saturated carbocycles. The molecule has 2 N–H and O–H groups in total. The molecule has 6 heteroatoms. The fourth-order valence-electron chi connectivity index (χ4n) is 1.41. The van der Waals surface area contributed by atoms with Gasteiger partial charge in [0.15, 0.2) is 17.5 Å². The highest BCUT2D eigenvalue weighted by Gasteiger charge is 2.04. The molecule has 2 rings (SSSR count). The van der Waals surface area contributed by atoms with Crippen LogP contribution in [-0.4, -0.2) is 16.5 Å².